The second-order valence-electron chi connectivity index (χ2n) is 8.31. The van der Waals surface area contributed by atoms with Gasteiger partial charge in [0.2, 0.25) is 0 Å². The fourth-order valence-corrected chi connectivity index (χ4v) is 4.39. The molecule has 8 heteroatoms. The Hall–Kier alpha value is -2.80. The number of ether oxygens (including phenoxy) is 1. The summed E-state index contributed by atoms with van der Waals surface area (Å²) < 4.78 is 19.6. The molecule has 0 radical (unpaired) electrons. The molecule has 178 valence electrons. The van der Waals surface area contributed by atoms with Crippen molar-refractivity contribution >= 4 is 35.0 Å². The lowest BCUT2D eigenvalue weighted by molar-refractivity contribution is 0.0117. The molecule has 1 aliphatic rings. The standard InChI is InChI=1S/C26H25Cl2FN2O3/c27-19-8-6-18(7-9-19)25(30-20-10-11-22(28)23(29)14-20)21-15-31(13-12-24(21)32)26(33)34-16-17-4-2-1-3-5-17/h1-11,14,21,24-25,30,32H,12-13,15-16H2/t21-,24-,25-/m1/s1. The summed E-state index contributed by atoms with van der Waals surface area (Å²) in [5, 5.41) is 14.8. The van der Waals surface area contributed by atoms with Crippen LogP contribution in [-0.4, -0.2) is 35.3 Å². The zero-order chi connectivity index (χ0) is 24.1. The second-order valence-corrected chi connectivity index (χ2v) is 9.15. The molecule has 0 saturated carbocycles. The van der Waals surface area contributed by atoms with Crippen molar-refractivity contribution in [1.29, 1.82) is 0 Å². The number of carbonyl (C=O) groups excluding carboxylic acids is 1. The van der Waals surface area contributed by atoms with Gasteiger partial charge < -0.3 is 20.1 Å². The van der Waals surface area contributed by atoms with Crippen LogP contribution in [0.4, 0.5) is 14.9 Å². The van der Waals surface area contributed by atoms with Crippen LogP contribution in [0.1, 0.15) is 23.6 Å². The van der Waals surface area contributed by atoms with Crippen molar-refractivity contribution in [2.45, 2.75) is 25.2 Å². The minimum atomic E-state index is -0.677. The predicted molar refractivity (Wildman–Crippen MR) is 132 cm³/mol. The average molecular weight is 503 g/mol. The summed E-state index contributed by atoms with van der Waals surface area (Å²) >= 11 is 11.9. The molecule has 2 N–H and O–H groups in total. The van der Waals surface area contributed by atoms with E-state index in [1.54, 1.807) is 23.1 Å². The van der Waals surface area contributed by atoms with Crippen molar-refractivity contribution in [2.75, 3.05) is 18.4 Å². The van der Waals surface area contributed by atoms with Crippen molar-refractivity contribution in [2.24, 2.45) is 5.92 Å². The van der Waals surface area contributed by atoms with Crippen LogP contribution in [0.3, 0.4) is 0 Å². The van der Waals surface area contributed by atoms with Gasteiger partial charge in [0.05, 0.1) is 17.2 Å². The van der Waals surface area contributed by atoms with E-state index in [0.29, 0.717) is 23.7 Å². The molecule has 0 aromatic heterocycles. The molecule has 1 aliphatic heterocycles. The van der Waals surface area contributed by atoms with Crippen LogP contribution in [0, 0.1) is 11.7 Å². The van der Waals surface area contributed by atoms with Crippen molar-refractivity contribution in [3.63, 3.8) is 0 Å². The third-order valence-electron chi connectivity index (χ3n) is 5.98. The highest BCUT2D eigenvalue weighted by Gasteiger charge is 2.37. The molecule has 0 unspecified atom stereocenters. The van der Waals surface area contributed by atoms with E-state index in [1.165, 1.54) is 12.1 Å². The molecule has 3 atom stereocenters. The minimum Gasteiger partial charge on any atom is -0.445 e. The lowest BCUT2D eigenvalue weighted by Crippen LogP contribution is -2.49. The number of hydrogen-bond donors (Lipinski definition) is 2. The number of carbonyl (C=O) groups is 1. The SMILES string of the molecule is O=C(OCc1ccccc1)N1CC[C@@H](O)[C@H]([C@H](Nc2ccc(Cl)c(F)c2)c2ccc(Cl)cc2)C1. The molecule has 0 aliphatic carbocycles. The number of aliphatic hydroxyl groups excluding tert-OH is 1. The highest BCUT2D eigenvalue weighted by molar-refractivity contribution is 6.31. The largest absolute Gasteiger partial charge is 0.445 e. The summed E-state index contributed by atoms with van der Waals surface area (Å²) in [6.07, 6.45) is -0.720. The van der Waals surface area contributed by atoms with Crippen LogP contribution in [-0.2, 0) is 11.3 Å². The van der Waals surface area contributed by atoms with Crippen LogP contribution < -0.4 is 5.32 Å². The number of piperidine rings is 1. The van der Waals surface area contributed by atoms with E-state index in [-0.39, 0.29) is 24.1 Å². The quantitative estimate of drug-likeness (QED) is 0.414. The van der Waals surface area contributed by atoms with E-state index >= 15 is 0 Å². The van der Waals surface area contributed by atoms with E-state index in [1.807, 2.05) is 42.5 Å². The molecule has 3 aromatic carbocycles. The topological polar surface area (TPSA) is 61.8 Å². The number of hydrogen-bond acceptors (Lipinski definition) is 4. The Labute approximate surface area is 208 Å². The molecule has 3 aromatic rings. The molecule has 4 rings (SSSR count). The number of halogens is 3. The molecular formula is C26H25Cl2FN2O3. The van der Waals surface area contributed by atoms with Gasteiger partial charge in [-0.15, -0.1) is 0 Å². The Morgan fingerprint density at radius 1 is 1.12 bits per heavy atom. The van der Waals surface area contributed by atoms with Gasteiger partial charge in [-0.2, -0.15) is 0 Å². The van der Waals surface area contributed by atoms with E-state index in [0.717, 1.165) is 11.1 Å². The Morgan fingerprint density at radius 2 is 1.85 bits per heavy atom. The van der Waals surface area contributed by atoms with Gasteiger partial charge in [0.15, 0.2) is 0 Å². The molecule has 0 bridgehead atoms. The summed E-state index contributed by atoms with van der Waals surface area (Å²) in [5.74, 6) is -0.922. The first-order chi connectivity index (χ1) is 16.4. The van der Waals surface area contributed by atoms with Gasteiger partial charge in [0, 0.05) is 29.7 Å². The van der Waals surface area contributed by atoms with Gasteiger partial charge in [0.25, 0.3) is 0 Å². The zero-order valence-corrected chi connectivity index (χ0v) is 19.8. The third-order valence-corrected chi connectivity index (χ3v) is 6.54. The molecule has 0 spiro atoms. The second kappa shape index (κ2) is 11.1. The molecule has 1 fully saturated rings. The van der Waals surface area contributed by atoms with Crippen LogP contribution in [0.15, 0.2) is 72.8 Å². The normalized spacial score (nSPS) is 18.9. The van der Waals surface area contributed by atoms with Gasteiger partial charge in [-0.25, -0.2) is 9.18 Å². The Morgan fingerprint density at radius 3 is 2.56 bits per heavy atom. The number of aliphatic hydroxyl groups is 1. The first kappa shape index (κ1) is 24.3. The molecule has 1 amide bonds. The maximum atomic E-state index is 14.1. The van der Waals surface area contributed by atoms with Crippen LogP contribution >= 0.6 is 23.2 Å². The number of likely N-dealkylation sites (tertiary alicyclic amines) is 1. The first-order valence-electron chi connectivity index (χ1n) is 11.0. The maximum Gasteiger partial charge on any atom is 0.410 e. The van der Waals surface area contributed by atoms with Gasteiger partial charge in [-0.3, -0.25) is 0 Å². The number of nitrogens with one attached hydrogen (secondary N) is 1. The first-order valence-corrected chi connectivity index (χ1v) is 11.8. The highest BCUT2D eigenvalue weighted by atomic mass is 35.5. The number of amides is 1. The fraction of sp³-hybridized carbons (Fsp3) is 0.269. The Bertz CT molecular complexity index is 1110. The maximum absolute atomic E-state index is 14.1. The minimum absolute atomic E-state index is 0.0265. The molecule has 34 heavy (non-hydrogen) atoms. The predicted octanol–water partition coefficient (Wildman–Crippen LogP) is 6.31. The smallest absolute Gasteiger partial charge is 0.410 e. The lowest BCUT2D eigenvalue weighted by Gasteiger charge is -2.40. The fourth-order valence-electron chi connectivity index (χ4n) is 4.15. The Balaban J connectivity index is 1.54. The number of anilines is 1. The molecular weight excluding hydrogens is 478 g/mol. The third kappa shape index (κ3) is 6.00. The summed E-state index contributed by atoms with van der Waals surface area (Å²) in [6.45, 7) is 0.825. The van der Waals surface area contributed by atoms with E-state index in [9.17, 15) is 14.3 Å². The summed E-state index contributed by atoms with van der Waals surface area (Å²) in [6, 6.07) is 20.7. The van der Waals surface area contributed by atoms with Gasteiger partial charge in [-0.05, 0) is 47.9 Å². The summed E-state index contributed by atoms with van der Waals surface area (Å²) in [7, 11) is 0. The highest BCUT2D eigenvalue weighted by Crippen LogP contribution is 2.35. The van der Waals surface area contributed by atoms with Crippen LogP contribution in [0.5, 0.6) is 0 Å². The van der Waals surface area contributed by atoms with E-state index < -0.39 is 24.1 Å². The number of nitrogens with zero attached hydrogens (tertiary/aromatic N) is 1. The number of benzene rings is 3. The molecule has 1 saturated heterocycles. The monoisotopic (exact) mass is 502 g/mol. The lowest BCUT2D eigenvalue weighted by atomic mass is 9.84. The van der Waals surface area contributed by atoms with Gasteiger partial charge in [0.1, 0.15) is 12.4 Å². The Kier molecular flexibility index (Phi) is 7.93. The summed E-state index contributed by atoms with van der Waals surface area (Å²) in [4.78, 5) is 14.4. The van der Waals surface area contributed by atoms with Crippen molar-refractivity contribution in [3.8, 4) is 0 Å². The zero-order valence-electron chi connectivity index (χ0n) is 18.3. The van der Waals surface area contributed by atoms with Crippen molar-refractivity contribution < 1.29 is 19.0 Å². The molecule has 5 nitrogen and oxygen atoms in total. The van der Waals surface area contributed by atoms with Gasteiger partial charge in [-0.1, -0.05) is 65.7 Å². The van der Waals surface area contributed by atoms with Crippen LogP contribution in [0.2, 0.25) is 10.0 Å². The van der Waals surface area contributed by atoms with Crippen molar-refractivity contribution in [1.82, 2.24) is 4.90 Å². The van der Waals surface area contributed by atoms with Crippen molar-refractivity contribution in [3.05, 3.63) is 99.8 Å². The average Bonchev–Trinajstić information content (AvgIpc) is 2.85. The number of rotatable bonds is 6. The van der Waals surface area contributed by atoms with E-state index in [2.05, 4.69) is 5.32 Å². The molecule has 1 heterocycles. The van der Waals surface area contributed by atoms with Crippen LogP contribution in [0.25, 0.3) is 0 Å². The summed E-state index contributed by atoms with van der Waals surface area (Å²) in [5.41, 5.74) is 2.26. The van der Waals surface area contributed by atoms with Gasteiger partial charge >= 0.3 is 6.09 Å². The van der Waals surface area contributed by atoms with E-state index in [4.69, 9.17) is 27.9 Å².